The minimum Gasteiger partial charge on any atom is -0.357 e. The van der Waals surface area contributed by atoms with Crippen molar-refractivity contribution in [3.63, 3.8) is 0 Å². The van der Waals surface area contributed by atoms with Gasteiger partial charge in [-0.3, -0.25) is 0 Å². The van der Waals surface area contributed by atoms with Crippen LogP contribution in [0.15, 0.2) is 20.9 Å². The van der Waals surface area contributed by atoms with E-state index in [9.17, 15) is 0 Å². The number of guanidine groups is 1. The molecular formula is C11H15BrIN3S. The van der Waals surface area contributed by atoms with Gasteiger partial charge in [0.2, 0.25) is 0 Å². The van der Waals surface area contributed by atoms with Crippen molar-refractivity contribution in [1.29, 1.82) is 0 Å². The Hall–Kier alpha value is -0.260. The number of rotatable bonds is 4. The normalized spacial score (nSPS) is 10.3. The smallest absolute Gasteiger partial charge is 0.192 e. The molecule has 1 rings (SSSR count). The van der Waals surface area contributed by atoms with Gasteiger partial charge in [-0.25, -0.2) is 4.99 Å². The number of thiophene rings is 1. The van der Waals surface area contributed by atoms with Crippen LogP contribution in [0.3, 0.4) is 0 Å². The molecule has 3 nitrogen and oxygen atoms in total. The lowest BCUT2D eigenvalue weighted by molar-refractivity contribution is 0.868. The van der Waals surface area contributed by atoms with Crippen molar-refractivity contribution in [3.8, 4) is 12.3 Å². The zero-order chi connectivity index (χ0) is 11.8. The van der Waals surface area contributed by atoms with Crippen LogP contribution < -0.4 is 10.6 Å². The summed E-state index contributed by atoms with van der Waals surface area (Å²) in [4.78, 5) is 5.64. The third-order valence-corrected chi connectivity index (χ3v) is 3.33. The lowest BCUT2D eigenvalue weighted by atomic mass is 10.5. The second kappa shape index (κ2) is 9.74. The second-order valence-electron chi connectivity index (χ2n) is 2.96. The molecule has 0 aliphatic rings. The summed E-state index contributed by atoms with van der Waals surface area (Å²) in [5, 5.41) is 6.17. The first-order valence-electron chi connectivity index (χ1n) is 4.96. The standard InChI is InChI=1S/C11H14BrN3S.HI/c1-3-7-14-11(13-4-2)15-8-9-5-6-10(12)16-9;/h1,5-6H,4,7-8H2,2H3,(H2,13,14,15);1H. The zero-order valence-electron chi connectivity index (χ0n) is 9.50. The predicted octanol–water partition coefficient (Wildman–Crippen LogP) is 2.82. The molecule has 0 aliphatic carbocycles. The molecule has 0 saturated carbocycles. The van der Waals surface area contributed by atoms with Crippen LogP contribution in [0.4, 0.5) is 0 Å². The van der Waals surface area contributed by atoms with Crippen LogP contribution >= 0.6 is 51.2 Å². The maximum absolute atomic E-state index is 5.18. The van der Waals surface area contributed by atoms with E-state index in [0.29, 0.717) is 13.1 Å². The number of aliphatic imine (C=N–C) groups is 1. The highest BCUT2D eigenvalue weighted by Gasteiger charge is 1.98. The largest absolute Gasteiger partial charge is 0.357 e. The summed E-state index contributed by atoms with van der Waals surface area (Å²) in [6.45, 7) is 4.00. The summed E-state index contributed by atoms with van der Waals surface area (Å²) in [5.74, 6) is 3.28. The first-order valence-corrected chi connectivity index (χ1v) is 6.57. The summed E-state index contributed by atoms with van der Waals surface area (Å²) >= 11 is 5.11. The summed E-state index contributed by atoms with van der Waals surface area (Å²) in [7, 11) is 0. The summed E-state index contributed by atoms with van der Waals surface area (Å²) in [6, 6.07) is 4.08. The van der Waals surface area contributed by atoms with Crippen LogP contribution in [-0.4, -0.2) is 19.0 Å². The van der Waals surface area contributed by atoms with Crippen LogP contribution in [0.5, 0.6) is 0 Å². The molecule has 0 radical (unpaired) electrons. The molecule has 0 fully saturated rings. The average molecular weight is 428 g/mol. The van der Waals surface area contributed by atoms with E-state index in [1.807, 2.05) is 13.0 Å². The highest BCUT2D eigenvalue weighted by molar-refractivity contribution is 14.0. The summed E-state index contributed by atoms with van der Waals surface area (Å²) in [5.41, 5.74) is 0. The van der Waals surface area contributed by atoms with Gasteiger partial charge in [0.05, 0.1) is 16.9 Å². The lowest BCUT2D eigenvalue weighted by Crippen LogP contribution is -2.37. The molecule has 0 spiro atoms. The van der Waals surface area contributed by atoms with Crippen LogP contribution in [0.1, 0.15) is 11.8 Å². The van der Waals surface area contributed by atoms with Gasteiger partial charge in [-0.2, -0.15) is 0 Å². The molecule has 0 amide bonds. The molecule has 17 heavy (non-hydrogen) atoms. The Morgan fingerprint density at radius 2 is 2.29 bits per heavy atom. The van der Waals surface area contributed by atoms with E-state index in [1.54, 1.807) is 11.3 Å². The molecule has 1 aromatic rings. The first kappa shape index (κ1) is 16.7. The van der Waals surface area contributed by atoms with Gasteiger partial charge >= 0.3 is 0 Å². The summed E-state index contributed by atoms with van der Waals surface area (Å²) < 4.78 is 1.12. The van der Waals surface area contributed by atoms with Gasteiger partial charge in [0.15, 0.2) is 5.96 Å². The molecule has 94 valence electrons. The van der Waals surface area contributed by atoms with Gasteiger partial charge in [-0.05, 0) is 35.0 Å². The maximum Gasteiger partial charge on any atom is 0.192 e. The maximum atomic E-state index is 5.18. The number of nitrogens with zero attached hydrogens (tertiary/aromatic N) is 1. The fraction of sp³-hybridized carbons (Fsp3) is 0.364. The fourth-order valence-electron chi connectivity index (χ4n) is 1.07. The Morgan fingerprint density at radius 3 is 2.82 bits per heavy atom. The Balaban J connectivity index is 0.00000256. The SMILES string of the molecule is C#CCNC(=NCc1ccc(Br)s1)NCC.I. The minimum absolute atomic E-state index is 0. The topological polar surface area (TPSA) is 36.4 Å². The van der Waals surface area contributed by atoms with Crippen molar-refractivity contribution < 1.29 is 0 Å². The highest BCUT2D eigenvalue weighted by atomic mass is 127. The van der Waals surface area contributed by atoms with Gasteiger partial charge in [0.25, 0.3) is 0 Å². The molecular weight excluding hydrogens is 413 g/mol. The number of terminal acetylenes is 1. The quantitative estimate of drug-likeness (QED) is 0.335. The lowest BCUT2D eigenvalue weighted by Gasteiger charge is -2.07. The number of halogens is 2. The number of hydrogen-bond donors (Lipinski definition) is 2. The van der Waals surface area contributed by atoms with Crippen LogP contribution in [0.2, 0.25) is 0 Å². The van der Waals surface area contributed by atoms with E-state index in [1.165, 1.54) is 4.88 Å². The Labute approximate surface area is 132 Å². The monoisotopic (exact) mass is 427 g/mol. The van der Waals surface area contributed by atoms with E-state index < -0.39 is 0 Å². The molecule has 6 heteroatoms. The van der Waals surface area contributed by atoms with Gasteiger partial charge in [-0.1, -0.05) is 5.92 Å². The van der Waals surface area contributed by atoms with Crippen molar-refractivity contribution in [1.82, 2.24) is 10.6 Å². The molecule has 0 bridgehead atoms. The second-order valence-corrected chi connectivity index (χ2v) is 5.51. The van der Waals surface area contributed by atoms with Gasteiger partial charge < -0.3 is 10.6 Å². The van der Waals surface area contributed by atoms with E-state index >= 15 is 0 Å². The van der Waals surface area contributed by atoms with Gasteiger partial charge in [0, 0.05) is 11.4 Å². The van der Waals surface area contributed by atoms with Gasteiger partial charge in [-0.15, -0.1) is 41.7 Å². The minimum atomic E-state index is 0. The predicted molar refractivity (Wildman–Crippen MR) is 89.1 cm³/mol. The number of hydrogen-bond acceptors (Lipinski definition) is 2. The van der Waals surface area contributed by atoms with Crippen LogP contribution in [0.25, 0.3) is 0 Å². The molecule has 2 N–H and O–H groups in total. The first-order chi connectivity index (χ1) is 7.76. The third-order valence-electron chi connectivity index (χ3n) is 1.72. The van der Waals surface area contributed by atoms with Crippen molar-refractivity contribution in [2.75, 3.05) is 13.1 Å². The molecule has 0 aromatic carbocycles. The highest BCUT2D eigenvalue weighted by Crippen LogP contribution is 2.22. The van der Waals surface area contributed by atoms with Crippen molar-refractivity contribution in [2.45, 2.75) is 13.5 Å². The molecule has 1 heterocycles. The van der Waals surface area contributed by atoms with Crippen LogP contribution in [0, 0.1) is 12.3 Å². The average Bonchev–Trinajstić information content (AvgIpc) is 2.68. The van der Waals surface area contributed by atoms with E-state index in [-0.39, 0.29) is 24.0 Å². The fourth-order valence-corrected chi connectivity index (χ4v) is 2.48. The van der Waals surface area contributed by atoms with E-state index in [2.05, 4.69) is 43.5 Å². The molecule has 1 aromatic heterocycles. The third kappa shape index (κ3) is 6.91. The Bertz CT molecular complexity index is 398. The van der Waals surface area contributed by atoms with Crippen molar-refractivity contribution >= 4 is 57.2 Å². The molecule has 0 aliphatic heterocycles. The van der Waals surface area contributed by atoms with E-state index in [0.717, 1.165) is 16.3 Å². The summed E-state index contributed by atoms with van der Waals surface area (Å²) in [6.07, 6.45) is 5.18. The van der Waals surface area contributed by atoms with Crippen LogP contribution in [-0.2, 0) is 6.54 Å². The van der Waals surface area contributed by atoms with Crippen molar-refractivity contribution in [2.24, 2.45) is 4.99 Å². The zero-order valence-corrected chi connectivity index (χ0v) is 14.2. The van der Waals surface area contributed by atoms with Crippen molar-refractivity contribution in [3.05, 3.63) is 20.8 Å². The molecule has 0 saturated heterocycles. The number of nitrogens with one attached hydrogen (secondary N) is 2. The van der Waals surface area contributed by atoms with E-state index in [4.69, 9.17) is 6.42 Å². The molecule has 0 unspecified atom stereocenters. The molecule has 0 atom stereocenters. The Kier molecular flexibility index (Phi) is 9.59. The Morgan fingerprint density at radius 1 is 1.53 bits per heavy atom. The van der Waals surface area contributed by atoms with Gasteiger partial charge in [0.1, 0.15) is 0 Å².